The molecule has 0 amide bonds. The standard InChI is InChI=1S/C15H21N3OS/c1-17(2)8-7-12-11-18(9-10-19-12)15-16-13-5-3-4-6-14(13)20-15/h3-6,12H,7-11H2,1-2H3/t12-/m1/s1. The van der Waals surface area contributed by atoms with Crippen LogP contribution in [0.1, 0.15) is 6.42 Å². The molecule has 1 aliphatic heterocycles. The first kappa shape index (κ1) is 13.8. The summed E-state index contributed by atoms with van der Waals surface area (Å²) in [5.41, 5.74) is 1.10. The van der Waals surface area contributed by atoms with Gasteiger partial charge in [0.15, 0.2) is 5.13 Å². The number of hydrogen-bond donors (Lipinski definition) is 0. The van der Waals surface area contributed by atoms with E-state index in [0.717, 1.165) is 43.3 Å². The van der Waals surface area contributed by atoms with Gasteiger partial charge >= 0.3 is 0 Å². The number of benzene rings is 1. The van der Waals surface area contributed by atoms with Gasteiger partial charge in [0.05, 0.1) is 22.9 Å². The van der Waals surface area contributed by atoms with E-state index in [4.69, 9.17) is 9.72 Å². The maximum absolute atomic E-state index is 5.86. The summed E-state index contributed by atoms with van der Waals surface area (Å²) < 4.78 is 7.13. The van der Waals surface area contributed by atoms with E-state index in [1.807, 2.05) is 6.07 Å². The molecule has 4 nitrogen and oxygen atoms in total. The number of para-hydroxylation sites is 1. The molecule has 20 heavy (non-hydrogen) atoms. The van der Waals surface area contributed by atoms with Crippen LogP contribution in [0.3, 0.4) is 0 Å². The maximum Gasteiger partial charge on any atom is 0.186 e. The Labute approximate surface area is 124 Å². The van der Waals surface area contributed by atoms with Crippen molar-refractivity contribution in [3.05, 3.63) is 24.3 Å². The minimum absolute atomic E-state index is 0.318. The Hall–Kier alpha value is -1.17. The van der Waals surface area contributed by atoms with E-state index < -0.39 is 0 Å². The van der Waals surface area contributed by atoms with E-state index in [9.17, 15) is 0 Å². The Kier molecular flexibility index (Phi) is 4.19. The maximum atomic E-state index is 5.86. The van der Waals surface area contributed by atoms with Crippen LogP contribution in [0.2, 0.25) is 0 Å². The van der Waals surface area contributed by atoms with Gasteiger partial charge in [-0.1, -0.05) is 23.5 Å². The Morgan fingerprint density at radius 1 is 1.40 bits per heavy atom. The zero-order valence-electron chi connectivity index (χ0n) is 12.1. The van der Waals surface area contributed by atoms with Gasteiger partial charge < -0.3 is 14.5 Å². The Balaban J connectivity index is 1.69. The highest BCUT2D eigenvalue weighted by Crippen LogP contribution is 2.29. The third kappa shape index (κ3) is 3.11. The van der Waals surface area contributed by atoms with E-state index >= 15 is 0 Å². The summed E-state index contributed by atoms with van der Waals surface area (Å²) >= 11 is 1.78. The molecule has 0 N–H and O–H groups in total. The Morgan fingerprint density at radius 3 is 3.05 bits per heavy atom. The van der Waals surface area contributed by atoms with Gasteiger partial charge in [-0.05, 0) is 32.6 Å². The molecule has 0 bridgehead atoms. The van der Waals surface area contributed by atoms with Gasteiger partial charge in [-0.2, -0.15) is 0 Å². The molecular weight excluding hydrogens is 270 g/mol. The van der Waals surface area contributed by atoms with Crippen LogP contribution in [-0.4, -0.2) is 56.3 Å². The summed E-state index contributed by atoms with van der Waals surface area (Å²) in [6.45, 7) is 3.76. The summed E-state index contributed by atoms with van der Waals surface area (Å²) in [6, 6.07) is 8.34. The molecule has 1 atom stereocenters. The lowest BCUT2D eigenvalue weighted by atomic mass is 10.2. The molecule has 0 saturated carbocycles. The molecule has 2 aromatic rings. The van der Waals surface area contributed by atoms with Crippen molar-refractivity contribution >= 4 is 26.7 Å². The van der Waals surface area contributed by atoms with Crippen LogP contribution in [0.15, 0.2) is 24.3 Å². The molecule has 3 rings (SSSR count). The van der Waals surface area contributed by atoms with Crippen LogP contribution in [0.5, 0.6) is 0 Å². The van der Waals surface area contributed by atoms with Gasteiger partial charge in [-0.25, -0.2) is 4.98 Å². The molecule has 0 aliphatic carbocycles. The number of thiazole rings is 1. The van der Waals surface area contributed by atoms with Crippen LogP contribution in [0, 0.1) is 0 Å². The second kappa shape index (κ2) is 6.08. The fourth-order valence-electron chi connectivity index (χ4n) is 2.47. The van der Waals surface area contributed by atoms with Crippen molar-refractivity contribution in [2.24, 2.45) is 0 Å². The van der Waals surface area contributed by atoms with Crippen molar-refractivity contribution in [1.29, 1.82) is 0 Å². The number of anilines is 1. The predicted octanol–water partition coefficient (Wildman–Crippen LogP) is 2.45. The quantitative estimate of drug-likeness (QED) is 0.865. The first-order valence-corrected chi connectivity index (χ1v) is 7.91. The Bertz CT molecular complexity index is 536. The van der Waals surface area contributed by atoms with Crippen molar-refractivity contribution in [3.8, 4) is 0 Å². The molecule has 0 unspecified atom stereocenters. The predicted molar refractivity (Wildman–Crippen MR) is 84.7 cm³/mol. The highest BCUT2D eigenvalue weighted by Gasteiger charge is 2.22. The monoisotopic (exact) mass is 291 g/mol. The zero-order valence-corrected chi connectivity index (χ0v) is 12.9. The molecule has 0 radical (unpaired) electrons. The van der Waals surface area contributed by atoms with E-state index in [1.165, 1.54) is 4.70 Å². The minimum Gasteiger partial charge on any atom is -0.374 e. The highest BCUT2D eigenvalue weighted by molar-refractivity contribution is 7.22. The normalized spacial score (nSPS) is 19.9. The number of rotatable bonds is 4. The van der Waals surface area contributed by atoms with E-state index in [0.29, 0.717) is 6.10 Å². The summed E-state index contributed by atoms with van der Waals surface area (Å²) in [5.74, 6) is 0. The molecule has 5 heteroatoms. The largest absolute Gasteiger partial charge is 0.374 e. The fourth-order valence-corrected chi connectivity index (χ4v) is 3.47. The van der Waals surface area contributed by atoms with Gasteiger partial charge in [-0.3, -0.25) is 0 Å². The molecular formula is C15H21N3OS. The van der Waals surface area contributed by atoms with Crippen LogP contribution in [0.25, 0.3) is 10.2 Å². The average molecular weight is 291 g/mol. The molecule has 1 aromatic carbocycles. The summed E-state index contributed by atoms with van der Waals surface area (Å²) in [7, 11) is 4.21. The van der Waals surface area contributed by atoms with Crippen molar-refractivity contribution in [2.75, 3.05) is 45.2 Å². The SMILES string of the molecule is CN(C)CC[C@@H]1CN(c2nc3ccccc3s2)CCO1. The van der Waals surface area contributed by atoms with Gasteiger partial charge in [0.1, 0.15) is 0 Å². The third-order valence-corrected chi connectivity index (χ3v) is 4.69. The van der Waals surface area contributed by atoms with Crippen molar-refractivity contribution in [3.63, 3.8) is 0 Å². The Morgan fingerprint density at radius 2 is 2.25 bits per heavy atom. The number of ether oxygens (including phenoxy) is 1. The van der Waals surface area contributed by atoms with E-state index in [1.54, 1.807) is 11.3 Å². The fraction of sp³-hybridized carbons (Fsp3) is 0.533. The zero-order chi connectivity index (χ0) is 13.9. The first-order valence-electron chi connectivity index (χ1n) is 7.09. The summed E-state index contributed by atoms with van der Waals surface area (Å²) in [6.07, 6.45) is 1.40. The van der Waals surface area contributed by atoms with Crippen LogP contribution < -0.4 is 4.90 Å². The third-order valence-electron chi connectivity index (χ3n) is 3.59. The van der Waals surface area contributed by atoms with Gasteiger partial charge in [0.2, 0.25) is 0 Å². The number of morpholine rings is 1. The number of aromatic nitrogens is 1. The second-order valence-electron chi connectivity index (χ2n) is 5.49. The highest BCUT2D eigenvalue weighted by atomic mass is 32.1. The summed E-state index contributed by atoms with van der Waals surface area (Å²) in [4.78, 5) is 9.32. The van der Waals surface area contributed by atoms with E-state index in [-0.39, 0.29) is 0 Å². The number of fused-ring (bicyclic) bond motifs is 1. The number of hydrogen-bond acceptors (Lipinski definition) is 5. The molecule has 0 spiro atoms. The molecule has 2 heterocycles. The molecule has 108 valence electrons. The van der Waals surface area contributed by atoms with E-state index in [2.05, 4.69) is 42.1 Å². The molecule has 1 aromatic heterocycles. The smallest absolute Gasteiger partial charge is 0.186 e. The van der Waals surface area contributed by atoms with Gasteiger partial charge in [0, 0.05) is 19.6 Å². The second-order valence-corrected chi connectivity index (χ2v) is 6.50. The van der Waals surface area contributed by atoms with Crippen LogP contribution in [0.4, 0.5) is 5.13 Å². The van der Waals surface area contributed by atoms with Crippen molar-refractivity contribution in [1.82, 2.24) is 9.88 Å². The lowest BCUT2D eigenvalue weighted by molar-refractivity contribution is 0.0311. The number of nitrogens with zero attached hydrogens (tertiary/aromatic N) is 3. The van der Waals surface area contributed by atoms with Gasteiger partial charge in [0.25, 0.3) is 0 Å². The van der Waals surface area contributed by atoms with Crippen molar-refractivity contribution in [2.45, 2.75) is 12.5 Å². The molecule has 1 aliphatic rings. The minimum atomic E-state index is 0.318. The lowest BCUT2D eigenvalue weighted by Crippen LogP contribution is -2.43. The first-order chi connectivity index (χ1) is 9.72. The van der Waals surface area contributed by atoms with Crippen molar-refractivity contribution < 1.29 is 4.74 Å². The van der Waals surface area contributed by atoms with Crippen LogP contribution >= 0.6 is 11.3 Å². The molecule has 1 saturated heterocycles. The topological polar surface area (TPSA) is 28.6 Å². The van der Waals surface area contributed by atoms with Gasteiger partial charge in [-0.15, -0.1) is 0 Å². The molecule has 1 fully saturated rings. The van der Waals surface area contributed by atoms with Crippen LogP contribution in [-0.2, 0) is 4.74 Å². The lowest BCUT2D eigenvalue weighted by Gasteiger charge is -2.33. The summed E-state index contributed by atoms with van der Waals surface area (Å²) in [5, 5.41) is 1.13. The average Bonchev–Trinajstić information content (AvgIpc) is 2.89.